The summed E-state index contributed by atoms with van der Waals surface area (Å²) in [5.74, 6) is -1.60. The molecule has 0 amide bonds. The maximum atomic E-state index is 13.0. The first-order valence-electron chi connectivity index (χ1n) is 4.57. The maximum Gasteiger partial charge on any atom is 0.495 e. The fourth-order valence-electron chi connectivity index (χ4n) is 1.31. The zero-order chi connectivity index (χ0) is 14.8. The first-order chi connectivity index (χ1) is 8.61. The van der Waals surface area contributed by atoms with Gasteiger partial charge in [-0.1, -0.05) is 12.1 Å². The fraction of sp³-hybridized carbons (Fsp3) is 0.222. The molecule has 0 atom stereocenters. The largest absolute Gasteiger partial charge is 0.495 e. The van der Waals surface area contributed by atoms with Gasteiger partial charge in [0.05, 0.1) is 11.3 Å². The molecular weight excluding hydrogens is 333 g/mol. The van der Waals surface area contributed by atoms with E-state index in [4.69, 9.17) is 26.5 Å². The Balaban J connectivity index is 3.47. The highest BCUT2D eigenvalue weighted by Gasteiger charge is 2.48. The number of carbonyl (C=O) groups is 1. The molecule has 0 fully saturated rings. The first kappa shape index (κ1) is 16.2. The van der Waals surface area contributed by atoms with Gasteiger partial charge in [-0.3, -0.25) is 0 Å². The van der Waals surface area contributed by atoms with Gasteiger partial charge in [-0.15, -0.1) is 13.2 Å². The smallest absolute Gasteiger partial charge is 0.478 e. The van der Waals surface area contributed by atoms with E-state index >= 15 is 0 Å². The normalized spacial score (nSPS) is 13.2. The maximum absolute atomic E-state index is 13.0. The lowest BCUT2D eigenvalue weighted by Gasteiger charge is -2.38. The summed E-state index contributed by atoms with van der Waals surface area (Å²) < 4.78 is 51.0. The third-order valence-corrected chi connectivity index (χ3v) is 4.51. The topological polar surface area (TPSA) is 40.5 Å². The highest BCUT2D eigenvalue weighted by Crippen LogP contribution is 2.66. The van der Waals surface area contributed by atoms with Gasteiger partial charge in [-0.25, -0.2) is 13.5 Å². The molecule has 0 heterocycles. The lowest BCUT2D eigenvalue weighted by Crippen LogP contribution is -2.38. The Morgan fingerprint density at radius 3 is 2.26 bits per heavy atom. The Kier molecular flexibility index (Phi) is 4.81. The van der Waals surface area contributed by atoms with Gasteiger partial charge in [0.1, 0.15) is 0 Å². The Bertz CT molecular complexity index is 484. The molecule has 19 heavy (non-hydrogen) atoms. The van der Waals surface area contributed by atoms with Gasteiger partial charge in [0.15, 0.2) is 6.01 Å². The van der Waals surface area contributed by atoms with Crippen LogP contribution < -0.4 is 4.31 Å². The van der Waals surface area contributed by atoms with Crippen LogP contribution in [0.3, 0.4) is 0 Å². The second-order valence-corrected chi connectivity index (χ2v) is 8.45. The van der Waals surface area contributed by atoms with Crippen LogP contribution in [-0.2, 0) is 0 Å². The first-order valence-corrected chi connectivity index (χ1v) is 7.98. The number of nitrogens with zero attached hydrogens (tertiary/aromatic N) is 1. The van der Waals surface area contributed by atoms with Crippen LogP contribution in [0.15, 0.2) is 24.3 Å². The Labute approximate surface area is 116 Å². The quantitative estimate of drug-likeness (QED) is 0.640. The minimum absolute atomic E-state index is 0.549. The molecule has 3 nitrogen and oxygen atoms in total. The van der Waals surface area contributed by atoms with Gasteiger partial charge in [0.2, 0.25) is 0 Å². The highest BCUT2D eigenvalue weighted by atomic mass is 36.0. The molecule has 1 aromatic carbocycles. The molecule has 1 N–H and O–H groups in total. The minimum Gasteiger partial charge on any atom is -0.478 e. The summed E-state index contributed by atoms with van der Waals surface area (Å²) in [6.07, 6.45) is -5.11. The number of hydrogen-bond acceptors (Lipinski definition) is 2. The number of benzene rings is 1. The van der Waals surface area contributed by atoms with E-state index in [9.17, 15) is 22.4 Å². The third kappa shape index (κ3) is 3.58. The molecule has 0 radical (unpaired) electrons. The van der Waals surface area contributed by atoms with E-state index in [1.54, 1.807) is 0 Å². The summed E-state index contributed by atoms with van der Waals surface area (Å²) in [7, 11) is 6.83. The van der Waals surface area contributed by atoms with E-state index < -0.39 is 42.5 Å². The summed E-state index contributed by atoms with van der Waals surface area (Å²) in [5, 5.41) is 8.85. The van der Waals surface area contributed by atoms with Crippen molar-refractivity contribution in [1.82, 2.24) is 0 Å². The number of carboxylic acids is 1. The molecule has 0 unspecified atom stereocenters. The molecule has 0 bridgehead atoms. The van der Waals surface area contributed by atoms with Crippen LogP contribution >= 0.6 is 30.0 Å². The van der Waals surface area contributed by atoms with Gasteiger partial charge in [-0.05, 0) is 33.5 Å². The molecule has 10 heteroatoms. The third-order valence-electron chi connectivity index (χ3n) is 1.98. The summed E-state index contributed by atoms with van der Waals surface area (Å²) in [5.41, 5.74) is -1.48. The van der Waals surface area contributed by atoms with Crippen molar-refractivity contribution in [2.45, 2.75) is 6.30 Å². The molecule has 0 saturated carbocycles. The zero-order valence-corrected chi connectivity index (χ0v) is 11.3. The van der Waals surface area contributed by atoms with Crippen molar-refractivity contribution in [2.75, 3.05) is 10.3 Å². The second-order valence-electron chi connectivity index (χ2n) is 3.24. The molecule has 1 aromatic rings. The van der Waals surface area contributed by atoms with Crippen molar-refractivity contribution in [2.24, 2.45) is 0 Å². The monoisotopic (exact) mass is 339 g/mol. The van der Waals surface area contributed by atoms with Crippen LogP contribution in [0.5, 0.6) is 0 Å². The van der Waals surface area contributed by atoms with E-state index in [2.05, 4.69) is 0 Å². The number of rotatable bonds is 4. The van der Waals surface area contributed by atoms with Crippen LogP contribution in [0.2, 0.25) is 0 Å². The van der Waals surface area contributed by atoms with E-state index in [1.165, 1.54) is 12.1 Å². The van der Waals surface area contributed by atoms with Crippen molar-refractivity contribution < 1.29 is 27.5 Å². The van der Waals surface area contributed by atoms with E-state index in [-0.39, 0.29) is 0 Å². The molecule has 0 saturated heterocycles. The SMILES string of the molecule is O=C(O)c1ccccc1N(C(F)(F)F)S(Cl)(Cl)CF. The molecule has 0 spiro atoms. The number of anilines is 1. The molecule has 0 aliphatic carbocycles. The molecule has 0 aliphatic rings. The van der Waals surface area contributed by atoms with Crippen molar-refractivity contribution in [3.8, 4) is 0 Å². The average molecular weight is 340 g/mol. The second kappa shape index (κ2) is 5.64. The Morgan fingerprint density at radius 1 is 1.32 bits per heavy atom. The van der Waals surface area contributed by atoms with Gasteiger partial charge in [0.25, 0.3) is 0 Å². The van der Waals surface area contributed by atoms with Crippen molar-refractivity contribution in [1.29, 1.82) is 0 Å². The van der Waals surface area contributed by atoms with E-state index in [0.29, 0.717) is 0 Å². The lowest BCUT2D eigenvalue weighted by molar-refractivity contribution is -0.114. The van der Waals surface area contributed by atoms with Gasteiger partial charge >= 0.3 is 12.3 Å². The van der Waals surface area contributed by atoms with Crippen molar-refractivity contribution in [3.63, 3.8) is 0 Å². The van der Waals surface area contributed by atoms with Crippen molar-refractivity contribution >= 4 is 41.7 Å². The van der Waals surface area contributed by atoms with Gasteiger partial charge in [0, 0.05) is 8.64 Å². The van der Waals surface area contributed by atoms with E-state index in [1.807, 2.05) is 0 Å². The average Bonchev–Trinajstić information content (AvgIpc) is 2.27. The summed E-state index contributed by atoms with van der Waals surface area (Å²) in [6.45, 7) is 0. The van der Waals surface area contributed by atoms with Gasteiger partial charge < -0.3 is 5.11 Å². The fourth-order valence-corrected chi connectivity index (χ4v) is 3.08. The predicted octanol–water partition coefficient (Wildman–Crippen LogP) is 4.67. The van der Waals surface area contributed by atoms with Gasteiger partial charge in [-0.2, -0.15) is 0 Å². The number of halogens is 6. The number of hydrogen-bond donors (Lipinski definition) is 1. The summed E-state index contributed by atoms with van der Waals surface area (Å²) in [4.78, 5) is 10.9. The standard InChI is InChI=1S/C9H7Cl2F4NO2S/c10-19(11,5-12)16(9(13,14)15)7-4-2-1-3-6(7)8(17)18/h1-4H,5H2,(H,17,18). The van der Waals surface area contributed by atoms with Crippen LogP contribution in [0, 0.1) is 0 Å². The summed E-state index contributed by atoms with van der Waals surface area (Å²) in [6, 6.07) is 2.54. The van der Waals surface area contributed by atoms with Crippen LogP contribution in [0.1, 0.15) is 10.4 Å². The number of aromatic carboxylic acids is 1. The lowest BCUT2D eigenvalue weighted by atomic mass is 10.2. The van der Waals surface area contributed by atoms with Crippen LogP contribution in [0.4, 0.5) is 23.2 Å². The van der Waals surface area contributed by atoms with E-state index in [0.717, 1.165) is 12.1 Å². The van der Waals surface area contributed by atoms with Crippen LogP contribution in [0.25, 0.3) is 0 Å². The molecule has 108 valence electrons. The minimum atomic E-state index is -5.11. The number of carboxylic acid groups (broad SMARTS) is 1. The Hall–Kier alpha value is -0.860. The Morgan fingerprint density at radius 2 is 1.84 bits per heavy atom. The molecule has 0 aromatic heterocycles. The number of para-hydroxylation sites is 1. The molecule has 0 aliphatic heterocycles. The predicted molar refractivity (Wildman–Crippen MR) is 67.2 cm³/mol. The number of alkyl halides is 4. The van der Waals surface area contributed by atoms with Crippen LogP contribution in [-0.4, -0.2) is 23.4 Å². The molecular formula is C9H7Cl2F4NO2S. The van der Waals surface area contributed by atoms with Crippen molar-refractivity contribution in [3.05, 3.63) is 29.8 Å². The highest BCUT2D eigenvalue weighted by molar-refractivity contribution is 8.66. The zero-order valence-electron chi connectivity index (χ0n) is 9.00. The molecule has 1 rings (SSSR count). The summed E-state index contributed by atoms with van der Waals surface area (Å²) >= 11 is 0.